The van der Waals surface area contributed by atoms with Gasteiger partial charge in [0.25, 0.3) is 0 Å². The molecule has 0 radical (unpaired) electrons. The van der Waals surface area contributed by atoms with Gasteiger partial charge in [-0.3, -0.25) is 0 Å². The van der Waals surface area contributed by atoms with Crippen LogP contribution in [0, 0.1) is 0 Å². The Morgan fingerprint density at radius 1 is 1.00 bits per heavy atom. The molecule has 0 N–H and O–H groups in total. The van der Waals surface area contributed by atoms with Gasteiger partial charge in [-0.1, -0.05) is 13.8 Å². The summed E-state index contributed by atoms with van der Waals surface area (Å²) >= 11 is 0. The third-order valence-electron chi connectivity index (χ3n) is 2.04. The van der Waals surface area contributed by atoms with Crippen LogP contribution in [-0.2, 0) is 0 Å². The van der Waals surface area contributed by atoms with E-state index in [9.17, 15) is 0 Å². The van der Waals surface area contributed by atoms with E-state index in [0.717, 1.165) is 10.5 Å². The minimum Gasteiger partial charge on any atom is -1.00 e. The van der Waals surface area contributed by atoms with Gasteiger partial charge < -0.3 is 21.5 Å². The highest BCUT2D eigenvalue weighted by Gasteiger charge is 2.18. The minimum absolute atomic E-state index is 0. The van der Waals surface area contributed by atoms with Crippen molar-refractivity contribution in [2.75, 3.05) is 21.1 Å². The summed E-state index contributed by atoms with van der Waals surface area (Å²) in [6.45, 7) is 4.52. The van der Waals surface area contributed by atoms with Crippen molar-refractivity contribution in [2.24, 2.45) is 0 Å². The van der Waals surface area contributed by atoms with Gasteiger partial charge in [0.1, 0.15) is 0 Å². The summed E-state index contributed by atoms with van der Waals surface area (Å²) < 4.78 is 1.10. The third kappa shape index (κ3) is 4.29. The van der Waals surface area contributed by atoms with Gasteiger partial charge in [0, 0.05) is 0 Å². The fourth-order valence-corrected chi connectivity index (χ4v) is 1.38. The molecule has 10 heavy (non-hydrogen) atoms. The second kappa shape index (κ2) is 5.14. The topological polar surface area (TPSA) is 0 Å². The molecule has 0 saturated heterocycles. The number of halogens is 1. The molecule has 0 spiro atoms. The third-order valence-corrected chi connectivity index (χ3v) is 2.04. The molecule has 0 unspecified atom stereocenters. The Morgan fingerprint density at radius 3 is 1.30 bits per heavy atom. The van der Waals surface area contributed by atoms with Gasteiger partial charge in [0.2, 0.25) is 0 Å². The van der Waals surface area contributed by atoms with E-state index in [1.54, 1.807) is 0 Å². The molecular formula is C8H20BrN. The van der Waals surface area contributed by atoms with Crippen LogP contribution in [0.4, 0.5) is 0 Å². The minimum atomic E-state index is 0. The van der Waals surface area contributed by atoms with E-state index < -0.39 is 0 Å². The van der Waals surface area contributed by atoms with Crippen molar-refractivity contribution in [3.63, 3.8) is 0 Å². The molecule has 64 valence electrons. The molecule has 0 aliphatic heterocycles. The van der Waals surface area contributed by atoms with E-state index in [-0.39, 0.29) is 17.0 Å². The zero-order valence-electron chi connectivity index (χ0n) is 7.82. The molecule has 0 aromatic heterocycles. The van der Waals surface area contributed by atoms with Crippen LogP contribution in [0.15, 0.2) is 0 Å². The van der Waals surface area contributed by atoms with E-state index in [1.165, 1.54) is 12.8 Å². The maximum absolute atomic E-state index is 2.26. The number of rotatable bonds is 3. The summed E-state index contributed by atoms with van der Waals surface area (Å²) in [5, 5.41) is 0. The molecule has 0 aromatic carbocycles. The maximum atomic E-state index is 2.26. The van der Waals surface area contributed by atoms with Crippen LogP contribution >= 0.6 is 0 Å². The van der Waals surface area contributed by atoms with Crippen LogP contribution in [-0.4, -0.2) is 31.7 Å². The zero-order valence-corrected chi connectivity index (χ0v) is 9.40. The van der Waals surface area contributed by atoms with Crippen LogP contribution in [0.1, 0.15) is 26.7 Å². The van der Waals surface area contributed by atoms with Gasteiger partial charge in [-0.25, -0.2) is 0 Å². The summed E-state index contributed by atoms with van der Waals surface area (Å²) in [6.07, 6.45) is 2.58. The Balaban J connectivity index is 0. The quantitative estimate of drug-likeness (QED) is 0.518. The molecule has 1 nitrogen and oxygen atoms in total. The number of nitrogens with zero attached hydrogens (tertiary/aromatic N) is 1. The van der Waals surface area contributed by atoms with Crippen LogP contribution in [0.25, 0.3) is 0 Å². The lowest BCUT2D eigenvalue weighted by Gasteiger charge is -2.32. The molecule has 0 heterocycles. The van der Waals surface area contributed by atoms with Crippen molar-refractivity contribution in [3.8, 4) is 0 Å². The largest absolute Gasteiger partial charge is 1.00 e. The van der Waals surface area contributed by atoms with Crippen molar-refractivity contribution in [3.05, 3.63) is 0 Å². The summed E-state index contributed by atoms with van der Waals surface area (Å²) in [7, 11) is 6.78. The van der Waals surface area contributed by atoms with Crippen molar-refractivity contribution >= 4 is 0 Å². The molecule has 0 rings (SSSR count). The summed E-state index contributed by atoms with van der Waals surface area (Å²) in [4.78, 5) is 0. The Bertz CT molecular complexity index is 71.8. The molecule has 0 fully saturated rings. The van der Waals surface area contributed by atoms with Gasteiger partial charge >= 0.3 is 0 Å². The SMILES string of the molecule is CCC(CC)[N+](C)(C)C.[Br-]. The first kappa shape index (κ1) is 13.1. The molecule has 0 atom stereocenters. The molecular weight excluding hydrogens is 190 g/mol. The normalized spacial score (nSPS) is 11.4. The highest BCUT2D eigenvalue weighted by molar-refractivity contribution is 4.49. The highest BCUT2D eigenvalue weighted by Crippen LogP contribution is 2.09. The Morgan fingerprint density at radius 2 is 1.30 bits per heavy atom. The lowest BCUT2D eigenvalue weighted by atomic mass is 10.1. The molecule has 0 amide bonds. The maximum Gasteiger partial charge on any atom is 0.0878 e. The number of quaternary nitrogens is 1. The smallest absolute Gasteiger partial charge is 0.0878 e. The average molecular weight is 210 g/mol. The van der Waals surface area contributed by atoms with Crippen molar-refractivity contribution in [1.82, 2.24) is 0 Å². The van der Waals surface area contributed by atoms with E-state index in [2.05, 4.69) is 35.0 Å². The first-order chi connectivity index (χ1) is 4.02. The summed E-state index contributed by atoms with van der Waals surface area (Å²) in [5.41, 5.74) is 0. The van der Waals surface area contributed by atoms with Gasteiger partial charge in [-0.05, 0) is 12.8 Å². The fraction of sp³-hybridized carbons (Fsp3) is 1.00. The number of hydrogen-bond acceptors (Lipinski definition) is 0. The monoisotopic (exact) mass is 209 g/mol. The van der Waals surface area contributed by atoms with E-state index in [1.807, 2.05) is 0 Å². The summed E-state index contributed by atoms with van der Waals surface area (Å²) in [6, 6.07) is 0.838. The standard InChI is InChI=1S/C8H20N.BrH/c1-6-8(7-2)9(3,4)5;/h8H,6-7H2,1-5H3;1H/q+1;/p-1. The van der Waals surface area contributed by atoms with E-state index >= 15 is 0 Å². The zero-order chi connectivity index (χ0) is 7.49. The molecule has 0 aliphatic carbocycles. The number of hydrogen-bond donors (Lipinski definition) is 0. The lowest BCUT2D eigenvalue weighted by molar-refractivity contribution is -0.896. The first-order valence-corrected chi connectivity index (χ1v) is 3.83. The second-order valence-electron chi connectivity index (χ2n) is 3.59. The Hall–Kier alpha value is 0.440. The van der Waals surface area contributed by atoms with Gasteiger partial charge in [-0.2, -0.15) is 0 Å². The lowest BCUT2D eigenvalue weighted by Crippen LogP contribution is -3.00. The average Bonchev–Trinajstić information content (AvgIpc) is 1.65. The van der Waals surface area contributed by atoms with Gasteiger partial charge in [0.15, 0.2) is 0 Å². The molecule has 2 heteroatoms. The van der Waals surface area contributed by atoms with Crippen LogP contribution in [0.3, 0.4) is 0 Å². The van der Waals surface area contributed by atoms with Crippen molar-refractivity contribution in [2.45, 2.75) is 32.7 Å². The fourth-order valence-electron chi connectivity index (χ4n) is 1.38. The van der Waals surface area contributed by atoms with Crippen LogP contribution in [0.2, 0.25) is 0 Å². The van der Waals surface area contributed by atoms with Crippen LogP contribution in [0.5, 0.6) is 0 Å². The molecule has 0 bridgehead atoms. The Kier molecular flexibility index (Phi) is 6.71. The predicted molar refractivity (Wildman–Crippen MR) is 42.4 cm³/mol. The predicted octanol–water partition coefficient (Wildman–Crippen LogP) is -1.11. The second-order valence-corrected chi connectivity index (χ2v) is 3.59. The highest BCUT2D eigenvalue weighted by atomic mass is 79.9. The van der Waals surface area contributed by atoms with Crippen LogP contribution < -0.4 is 17.0 Å². The molecule has 0 aromatic rings. The summed E-state index contributed by atoms with van der Waals surface area (Å²) in [5.74, 6) is 0. The molecule has 0 aliphatic rings. The van der Waals surface area contributed by atoms with Crippen molar-refractivity contribution in [1.29, 1.82) is 0 Å². The molecule has 0 saturated carbocycles. The van der Waals surface area contributed by atoms with Crippen molar-refractivity contribution < 1.29 is 21.5 Å². The van der Waals surface area contributed by atoms with Gasteiger partial charge in [-0.15, -0.1) is 0 Å². The first-order valence-electron chi connectivity index (χ1n) is 3.83. The van der Waals surface area contributed by atoms with E-state index in [0.29, 0.717) is 0 Å². The van der Waals surface area contributed by atoms with Gasteiger partial charge in [0.05, 0.1) is 27.2 Å². The Labute approximate surface area is 75.8 Å². The van der Waals surface area contributed by atoms with E-state index in [4.69, 9.17) is 0 Å².